The second kappa shape index (κ2) is 12.4. The Morgan fingerprint density at radius 3 is 2.44 bits per heavy atom. The van der Waals surface area contributed by atoms with Gasteiger partial charge in [-0.3, -0.25) is 14.5 Å². The van der Waals surface area contributed by atoms with Crippen molar-refractivity contribution in [1.82, 2.24) is 0 Å². The number of nitrogens with zero attached hydrogens (tertiary/aromatic N) is 1. The van der Waals surface area contributed by atoms with Crippen molar-refractivity contribution in [2.45, 2.75) is 52.1 Å². The first-order valence-electron chi connectivity index (χ1n) is 15.2. The molecule has 1 aliphatic carbocycles. The summed E-state index contributed by atoms with van der Waals surface area (Å²) in [5, 5.41) is 13.6. The molecule has 3 aliphatic rings. The summed E-state index contributed by atoms with van der Waals surface area (Å²) < 4.78 is 6.39. The third-order valence-corrected chi connectivity index (χ3v) is 9.48. The van der Waals surface area contributed by atoms with E-state index in [1.54, 1.807) is 12.1 Å². The van der Waals surface area contributed by atoms with Crippen molar-refractivity contribution in [3.05, 3.63) is 100 Å². The molecule has 0 unspecified atom stereocenters. The molecule has 2 amide bonds. The van der Waals surface area contributed by atoms with Crippen molar-refractivity contribution >= 4 is 46.6 Å². The summed E-state index contributed by atoms with van der Waals surface area (Å²) in [6.07, 6.45) is 6.01. The summed E-state index contributed by atoms with van der Waals surface area (Å²) in [4.78, 5) is 29.0. The first-order chi connectivity index (χ1) is 20.9. The zero-order chi connectivity index (χ0) is 30.1. The Labute approximate surface area is 258 Å². The molecule has 2 heterocycles. The van der Waals surface area contributed by atoms with Crippen LogP contribution in [-0.2, 0) is 14.3 Å². The van der Waals surface area contributed by atoms with Crippen LogP contribution < -0.4 is 10.2 Å². The minimum absolute atomic E-state index is 0.0635. The average molecular weight is 597 g/mol. The van der Waals surface area contributed by atoms with Crippen molar-refractivity contribution in [2.24, 2.45) is 17.8 Å². The third-order valence-electron chi connectivity index (χ3n) is 9.15. The maximum Gasteiger partial charge on any atom is 0.238 e. The fourth-order valence-corrected chi connectivity index (χ4v) is 7.20. The zero-order valence-corrected chi connectivity index (χ0v) is 25.3. The molecule has 0 spiro atoms. The number of hydrogen-bond donors (Lipinski definition) is 2. The van der Waals surface area contributed by atoms with Gasteiger partial charge >= 0.3 is 0 Å². The first kappa shape index (κ1) is 29.2. The number of halogens is 1. The number of imide groups is 1. The molecule has 2 aliphatic heterocycles. The molecule has 2 saturated heterocycles. The number of ether oxygens (including phenoxy) is 1. The summed E-state index contributed by atoms with van der Waals surface area (Å²) >= 11 is 6.36. The minimum atomic E-state index is -0.387. The van der Waals surface area contributed by atoms with Gasteiger partial charge < -0.3 is 15.2 Å². The number of allylic oxidation sites excluding steroid dienone is 2. The van der Waals surface area contributed by atoms with Gasteiger partial charge in [0.05, 0.1) is 35.3 Å². The van der Waals surface area contributed by atoms with Crippen LogP contribution in [0.2, 0.25) is 5.02 Å². The van der Waals surface area contributed by atoms with Crippen molar-refractivity contribution < 1.29 is 19.4 Å². The Balaban J connectivity index is 1.18. The van der Waals surface area contributed by atoms with Crippen LogP contribution in [0.5, 0.6) is 5.75 Å². The number of phenols is 1. The average Bonchev–Trinajstić information content (AvgIpc) is 3.55. The van der Waals surface area contributed by atoms with E-state index in [1.165, 1.54) is 21.6 Å². The maximum atomic E-state index is 13.9. The Morgan fingerprint density at radius 1 is 1.00 bits per heavy atom. The largest absolute Gasteiger partial charge is 0.508 e. The molecule has 4 atom stereocenters. The number of benzene rings is 3. The maximum absolute atomic E-state index is 13.9. The van der Waals surface area contributed by atoms with Crippen molar-refractivity contribution in [2.75, 3.05) is 16.8 Å². The van der Waals surface area contributed by atoms with E-state index in [4.69, 9.17) is 16.3 Å². The molecule has 3 aromatic rings. The van der Waals surface area contributed by atoms with E-state index in [9.17, 15) is 14.7 Å². The van der Waals surface area contributed by atoms with Crippen LogP contribution >= 0.6 is 11.6 Å². The number of carbonyl (C=O) groups is 2. The Bertz CT molecular complexity index is 1580. The van der Waals surface area contributed by atoms with Gasteiger partial charge in [0.1, 0.15) is 5.75 Å². The lowest BCUT2D eigenvalue weighted by Gasteiger charge is -2.31. The van der Waals surface area contributed by atoms with E-state index < -0.39 is 0 Å². The molecule has 2 N–H and O–H groups in total. The van der Waals surface area contributed by atoms with Crippen LogP contribution in [0.1, 0.15) is 51.5 Å². The Hall–Kier alpha value is -3.87. The smallest absolute Gasteiger partial charge is 0.238 e. The standard InChI is InChI=1S/C36H37ClN2O4/c1-3-22(18-24-11-16-28(40)20-31(24)37)10-17-32-33-23(4-2)19-29-34(30(33)21-43-32)36(42)39(35(29)41)27-14-12-26(13-15-27)38-25-8-6-5-7-9-25/h5-9,11-16,18,20,29-30,32,34,38,40H,3-4,10,17,19,21H2,1-2H3/b22-18+/t29-,30+,32-,34-/m1/s1. The van der Waals surface area contributed by atoms with Crippen LogP contribution in [0.4, 0.5) is 17.1 Å². The van der Waals surface area contributed by atoms with Gasteiger partial charge in [-0.15, -0.1) is 0 Å². The lowest BCUT2D eigenvalue weighted by Crippen LogP contribution is -2.34. The van der Waals surface area contributed by atoms with Gasteiger partial charge in [-0.25, -0.2) is 0 Å². The number of nitrogens with one attached hydrogen (secondary N) is 1. The second-order valence-corrected chi connectivity index (χ2v) is 12.0. The van der Waals surface area contributed by atoms with Crippen molar-refractivity contribution in [3.63, 3.8) is 0 Å². The summed E-state index contributed by atoms with van der Waals surface area (Å²) in [6.45, 7) is 4.73. The molecular weight excluding hydrogens is 560 g/mol. The van der Waals surface area contributed by atoms with Gasteiger partial charge in [0.15, 0.2) is 0 Å². The normalized spacial score (nSPS) is 23.5. The Kier molecular flexibility index (Phi) is 8.42. The Morgan fingerprint density at radius 2 is 1.74 bits per heavy atom. The van der Waals surface area contributed by atoms with Crippen LogP contribution in [0.25, 0.3) is 6.08 Å². The number of fused-ring (bicyclic) bond motifs is 3. The molecule has 43 heavy (non-hydrogen) atoms. The molecule has 2 fully saturated rings. The van der Waals surface area contributed by atoms with Gasteiger partial charge in [-0.1, -0.05) is 60.9 Å². The number of amides is 2. The van der Waals surface area contributed by atoms with Gasteiger partial charge in [0, 0.05) is 17.3 Å². The highest BCUT2D eigenvalue weighted by Crippen LogP contribution is 2.51. The quantitative estimate of drug-likeness (QED) is 0.192. The molecular formula is C36H37ClN2O4. The highest BCUT2D eigenvalue weighted by molar-refractivity contribution is 6.32. The number of carbonyl (C=O) groups excluding carboxylic acids is 2. The molecule has 0 saturated carbocycles. The van der Waals surface area contributed by atoms with Crippen LogP contribution in [0, 0.1) is 17.8 Å². The molecule has 0 radical (unpaired) electrons. The highest BCUT2D eigenvalue weighted by atomic mass is 35.5. The van der Waals surface area contributed by atoms with E-state index in [0.29, 0.717) is 23.7 Å². The van der Waals surface area contributed by atoms with E-state index in [0.717, 1.165) is 42.6 Å². The lowest BCUT2D eigenvalue weighted by molar-refractivity contribution is -0.122. The molecule has 0 aromatic heterocycles. The van der Waals surface area contributed by atoms with E-state index in [1.807, 2.05) is 60.7 Å². The fraction of sp³-hybridized carbons (Fsp3) is 0.333. The number of aromatic hydroxyl groups is 1. The summed E-state index contributed by atoms with van der Waals surface area (Å²) in [6, 6.07) is 22.4. The topological polar surface area (TPSA) is 78.9 Å². The number of rotatable bonds is 9. The van der Waals surface area contributed by atoms with Crippen molar-refractivity contribution in [1.29, 1.82) is 0 Å². The molecule has 7 heteroatoms. The molecule has 6 rings (SSSR count). The molecule has 6 nitrogen and oxygen atoms in total. The SMILES string of the molecule is CCC1=C2[C@@H](CC/C(=C/c3ccc(O)cc3Cl)CC)OC[C@@H]2[C@@H]2C(=O)N(c3ccc(Nc4ccccc4)cc3)C(=O)[C@@H]2C1. The van der Waals surface area contributed by atoms with E-state index in [-0.39, 0.29) is 41.4 Å². The molecule has 222 valence electrons. The van der Waals surface area contributed by atoms with Gasteiger partial charge in [-0.2, -0.15) is 0 Å². The van der Waals surface area contributed by atoms with Gasteiger partial charge in [-0.05, 0) is 97.8 Å². The number of anilines is 3. The van der Waals surface area contributed by atoms with Gasteiger partial charge in [0.25, 0.3) is 0 Å². The summed E-state index contributed by atoms with van der Waals surface area (Å²) in [5.41, 5.74) is 7.12. The number of hydrogen-bond acceptors (Lipinski definition) is 5. The predicted molar refractivity (Wildman–Crippen MR) is 171 cm³/mol. The second-order valence-electron chi connectivity index (χ2n) is 11.6. The first-order valence-corrected chi connectivity index (χ1v) is 15.6. The zero-order valence-electron chi connectivity index (χ0n) is 24.6. The summed E-state index contributed by atoms with van der Waals surface area (Å²) in [5.74, 6) is -0.869. The molecule has 0 bridgehead atoms. The van der Waals surface area contributed by atoms with Gasteiger partial charge in [0.2, 0.25) is 11.8 Å². The summed E-state index contributed by atoms with van der Waals surface area (Å²) in [7, 11) is 0. The monoisotopic (exact) mass is 596 g/mol. The van der Waals surface area contributed by atoms with E-state index in [2.05, 4.69) is 25.2 Å². The number of phenolic OH excluding ortho intramolecular Hbond substituents is 1. The third kappa shape index (κ3) is 5.74. The number of para-hydroxylation sites is 1. The minimum Gasteiger partial charge on any atom is -0.508 e. The van der Waals surface area contributed by atoms with E-state index >= 15 is 0 Å². The van der Waals surface area contributed by atoms with Crippen LogP contribution in [-0.4, -0.2) is 29.6 Å². The fourth-order valence-electron chi connectivity index (χ4n) is 6.97. The highest BCUT2D eigenvalue weighted by Gasteiger charge is 2.57. The van der Waals surface area contributed by atoms with Crippen LogP contribution in [0.15, 0.2) is 89.5 Å². The lowest BCUT2D eigenvalue weighted by atomic mass is 9.69. The molecule has 3 aromatic carbocycles. The van der Waals surface area contributed by atoms with Crippen molar-refractivity contribution in [3.8, 4) is 5.75 Å². The van der Waals surface area contributed by atoms with Crippen LogP contribution in [0.3, 0.4) is 0 Å². The predicted octanol–water partition coefficient (Wildman–Crippen LogP) is 8.29.